The van der Waals surface area contributed by atoms with Gasteiger partial charge in [-0.3, -0.25) is 0 Å². The van der Waals surface area contributed by atoms with Crippen molar-refractivity contribution in [2.75, 3.05) is 23.7 Å². The third kappa shape index (κ3) is 5.56. The van der Waals surface area contributed by atoms with E-state index < -0.39 is 11.7 Å². The summed E-state index contributed by atoms with van der Waals surface area (Å²) in [6, 6.07) is 13.0. The molecule has 2 aliphatic heterocycles. The first kappa shape index (κ1) is 25.3. The van der Waals surface area contributed by atoms with Crippen LogP contribution < -0.4 is 10.6 Å². The van der Waals surface area contributed by atoms with Crippen LogP contribution in [0.3, 0.4) is 0 Å². The number of rotatable bonds is 1. The molecule has 4 nitrogen and oxygen atoms in total. The molecule has 0 saturated heterocycles. The van der Waals surface area contributed by atoms with Gasteiger partial charge < -0.3 is 10.6 Å². The van der Waals surface area contributed by atoms with E-state index >= 15 is 0 Å². The minimum Gasteiger partial charge on any atom is -0.370 e. The smallest absolute Gasteiger partial charge is 0.370 e. The number of fused-ring (bicyclic) bond motifs is 2. The Kier molecular flexibility index (Phi) is 6.75. The van der Waals surface area contributed by atoms with Crippen molar-refractivity contribution in [1.82, 2.24) is 9.97 Å². The average molecular weight is 503 g/mol. The number of alkyl halides is 3. The fourth-order valence-electron chi connectivity index (χ4n) is 4.53. The van der Waals surface area contributed by atoms with Crippen molar-refractivity contribution in [3.8, 4) is 11.3 Å². The van der Waals surface area contributed by atoms with Gasteiger partial charge in [0.2, 0.25) is 0 Å². The Morgan fingerprint density at radius 1 is 0.800 bits per heavy atom. The Balaban J connectivity index is 0.000000189. The average Bonchev–Trinajstić information content (AvgIpc) is 2.78. The number of anilines is 2. The van der Waals surface area contributed by atoms with Crippen molar-refractivity contribution < 1.29 is 13.2 Å². The van der Waals surface area contributed by atoms with E-state index in [4.69, 9.17) is 11.6 Å². The Hall–Kier alpha value is -2.80. The molecule has 0 bridgehead atoms. The van der Waals surface area contributed by atoms with Gasteiger partial charge in [0.25, 0.3) is 0 Å². The summed E-state index contributed by atoms with van der Waals surface area (Å²) in [5, 5.41) is 7.06. The highest BCUT2D eigenvalue weighted by Gasteiger charge is 2.31. The second-order valence-corrected chi connectivity index (χ2v) is 10.7. The van der Waals surface area contributed by atoms with Crippen LogP contribution in [0.15, 0.2) is 48.5 Å². The monoisotopic (exact) mass is 502 g/mol. The molecular weight excluding hydrogens is 473 g/mol. The highest BCUT2D eigenvalue weighted by molar-refractivity contribution is 6.29. The van der Waals surface area contributed by atoms with Gasteiger partial charge in [-0.15, -0.1) is 0 Å². The van der Waals surface area contributed by atoms with Crippen LogP contribution in [0.1, 0.15) is 57.2 Å². The molecule has 0 saturated carbocycles. The zero-order valence-corrected chi connectivity index (χ0v) is 21.1. The van der Waals surface area contributed by atoms with Crippen LogP contribution in [-0.4, -0.2) is 23.1 Å². The number of nitrogens with one attached hydrogen (secondary N) is 2. The first-order valence-corrected chi connectivity index (χ1v) is 12.1. The van der Waals surface area contributed by atoms with Gasteiger partial charge in [0.1, 0.15) is 16.8 Å². The van der Waals surface area contributed by atoms with E-state index in [1.165, 1.54) is 11.6 Å². The summed E-state index contributed by atoms with van der Waals surface area (Å²) in [5.41, 5.74) is 2.99. The largest absolute Gasteiger partial charge is 0.416 e. The number of hydrogen-bond acceptors (Lipinski definition) is 4. The second-order valence-electron chi connectivity index (χ2n) is 10.3. The maximum atomic E-state index is 12.8. The zero-order chi connectivity index (χ0) is 25.4. The van der Waals surface area contributed by atoms with E-state index in [-0.39, 0.29) is 10.8 Å². The van der Waals surface area contributed by atoms with Crippen molar-refractivity contribution in [3.63, 3.8) is 0 Å². The first-order valence-electron chi connectivity index (χ1n) is 11.7. The topological polar surface area (TPSA) is 49.8 Å². The van der Waals surface area contributed by atoms with E-state index in [2.05, 4.69) is 54.4 Å². The molecule has 1 aromatic carbocycles. The predicted molar refractivity (Wildman–Crippen MR) is 136 cm³/mol. The Morgan fingerprint density at radius 3 is 1.97 bits per heavy atom. The van der Waals surface area contributed by atoms with Crippen LogP contribution in [0.2, 0.25) is 5.15 Å². The standard InChI is InChI=1S/C17H17F3N2.C10H13ClN2/c1-16(2)8-9-21-15-13(16)6-7-14(22-15)11-4-3-5-12(10-11)17(18,19)20;1-10(2)5-6-12-9-7(10)3-4-8(11)13-9/h3-7,10H,8-9H2,1-2H3,(H,21,22);3-4H,5-6H2,1-2H3,(H,12,13). The lowest BCUT2D eigenvalue weighted by molar-refractivity contribution is -0.137. The molecule has 0 radical (unpaired) electrons. The molecule has 0 atom stereocenters. The molecular formula is C27H30ClF3N4. The lowest BCUT2D eigenvalue weighted by Crippen LogP contribution is -2.29. The molecule has 2 N–H and O–H groups in total. The maximum Gasteiger partial charge on any atom is 0.416 e. The van der Waals surface area contributed by atoms with E-state index in [9.17, 15) is 13.2 Å². The maximum absolute atomic E-state index is 12.8. The van der Waals surface area contributed by atoms with Gasteiger partial charge in [-0.1, -0.05) is 63.6 Å². The molecule has 186 valence electrons. The third-order valence-electron chi connectivity index (χ3n) is 6.79. The van der Waals surface area contributed by atoms with Crippen LogP contribution in [-0.2, 0) is 17.0 Å². The molecule has 35 heavy (non-hydrogen) atoms. The van der Waals surface area contributed by atoms with Gasteiger partial charge >= 0.3 is 6.18 Å². The minimum absolute atomic E-state index is 0.0277. The number of hydrogen-bond donors (Lipinski definition) is 2. The number of pyridine rings is 2. The lowest BCUT2D eigenvalue weighted by Gasteiger charge is -2.32. The van der Waals surface area contributed by atoms with Crippen molar-refractivity contribution in [1.29, 1.82) is 0 Å². The second kappa shape index (κ2) is 9.34. The molecule has 0 spiro atoms. The van der Waals surface area contributed by atoms with Gasteiger partial charge in [-0.05, 0) is 47.9 Å². The number of nitrogens with zero attached hydrogens (tertiary/aromatic N) is 2. The van der Waals surface area contributed by atoms with Gasteiger partial charge in [0.05, 0.1) is 11.3 Å². The molecule has 0 fully saturated rings. The molecule has 2 aliphatic rings. The quantitative estimate of drug-likeness (QED) is 0.335. The summed E-state index contributed by atoms with van der Waals surface area (Å²) in [7, 11) is 0. The zero-order valence-electron chi connectivity index (χ0n) is 20.4. The Bertz CT molecular complexity index is 1220. The number of halogens is 4. The van der Waals surface area contributed by atoms with Crippen LogP contribution in [0.4, 0.5) is 24.8 Å². The molecule has 0 unspecified atom stereocenters. The summed E-state index contributed by atoms with van der Waals surface area (Å²) >= 11 is 5.82. The van der Waals surface area contributed by atoms with Crippen LogP contribution in [0.5, 0.6) is 0 Å². The molecule has 0 amide bonds. The van der Waals surface area contributed by atoms with Gasteiger partial charge in [-0.2, -0.15) is 13.2 Å². The number of aromatic nitrogens is 2. The van der Waals surface area contributed by atoms with Gasteiger partial charge in [0.15, 0.2) is 0 Å². The van der Waals surface area contributed by atoms with E-state index in [1.54, 1.807) is 12.1 Å². The first-order chi connectivity index (χ1) is 16.4. The summed E-state index contributed by atoms with van der Waals surface area (Å²) in [6.45, 7) is 10.6. The SMILES string of the molecule is CC1(C)CCNc2nc(-c3cccc(C(F)(F)F)c3)ccc21.CC1(C)CCNc2nc(Cl)ccc21. The summed E-state index contributed by atoms with van der Waals surface area (Å²) in [4.78, 5) is 8.79. The summed E-state index contributed by atoms with van der Waals surface area (Å²) in [5.74, 6) is 1.72. The summed E-state index contributed by atoms with van der Waals surface area (Å²) in [6.07, 6.45) is -2.20. The highest BCUT2D eigenvalue weighted by atomic mass is 35.5. The van der Waals surface area contributed by atoms with E-state index in [0.29, 0.717) is 16.4 Å². The Labute approximate surface area is 209 Å². The van der Waals surface area contributed by atoms with Crippen molar-refractivity contribution in [2.45, 2.75) is 57.5 Å². The van der Waals surface area contributed by atoms with Gasteiger partial charge in [0, 0.05) is 29.8 Å². The van der Waals surface area contributed by atoms with Crippen molar-refractivity contribution >= 4 is 23.2 Å². The molecule has 0 aliphatic carbocycles. The van der Waals surface area contributed by atoms with E-state index in [1.807, 2.05) is 12.1 Å². The summed E-state index contributed by atoms with van der Waals surface area (Å²) < 4.78 is 38.5. The van der Waals surface area contributed by atoms with Crippen molar-refractivity contribution in [3.05, 3.63) is 70.4 Å². The van der Waals surface area contributed by atoms with Crippen LogP contribution in [0, 0.1) is 0 Å². The Morgan fingerprint density at radius 2 is 1.37 bits per heavy atom. The molecule has 8 heteroatoms. The number of benzene rings is 1. The van der Waals surface area contributed by atoms with Gasteiger partial charge in [-0.25, -0.2) is 9.97 Å². The molecule has 4 heterocycles. The van der Waals surface area contributed by atoms with Crippen LogP contribution >= 0.6 is 11.6 Å². The lowest BCUT2D eigenvalue weighted by atomic mass is 9.79. The van der Waals surface area contributed by atoms with Crippen LogP contribution in [0.25, 0.3) is 11.3 Å². The third-order valence-corrected chi connectivity index (χ3v) is 7.00. The predicted octanol–water partition coefficient (Wildman–Crippen LogP) is 7.69. The fraction of sp³-hybridized carbons (Fsp3) is 0.407. The fourth-order valence-corrected chi connectivity index (χ4v) is 4.68. The van der Waals surface area contributed by atoms with Crippen molar-refractivity contribution in [2.24, 2.45) is 0 Å². The highest BCUT2D eigenvalue weighted by Crippen LogP contribution is 2.38. The normalized spacial score (nSPS) is 17.6. The molecule has 2 aromatic heterocycles. The van der Waals surface area contributed by atoms with E-state index in [0.717, 1.165) is 55.3 Å². The molecule has 5 rings (SSSR count). The minimum atomic E-state index is -4.34. The molecule has 3 aromatic rings.